The summed E-state index contributed by atoms with van der Waals surface area (Å²) in [5.41, 5.74) is 4.08. The van der Waals surface area contributed by atoms with Crippen molar-refractivity contribution < 1.29 is 14.3 Å². The van der Waals surface area contributed by atoms with Gasteiger partial charge in [0, 0.05) is 23.1 Å². The summed E-state index contributed by atoms with van der Waals surface area (Å²) in [5.74, 6) is -0.741. The van der Waals surface area contributed by atoms with E-state index in [1.54, 1.807) is 25.1 Å². The minimum absolute atomic E-state index is 0.0467. The van der Waals surface area contributed by atoms with Crippen molar-refractivity contribution in [3.63, 3.8) is 0 Å². The van der Waals surface area contributed by atoms with E-state index < -0.39 is 0 Å². The highest BCUT2D eigenvalue weighted by atomic mass is 16.5. The summed E-state index contributed by atoms with van der Waals surface area (Å²) < 4.78 is 7.02. The normalized spacial score (nSPS) is 11.2. The van der Waals surface area contributed by atoms with Crippen LogP contribution in [0.1, 0.15) is 48.1 Å². The number of aryl methyl sites for hydroxylation is 1. The molecule has 0 fully saturated rings. The number of aromatic nitrogens is 1. The molecule has 0 atom stereocenters. The Balaban J connectivity index is 2.38. The molecule has 146 valence electrons. The third-order valence-corrected chi connectivity index (χ3v) is 4.19. The van der Waals surface area contributed by atoms with Gasteiger partial charge in [0.25, 0.3) is 5.91 Å². The summed E-state index contributed by atoms with van der Waals surface area (Å²) in [7, 11) is 0. The zero-order chi connectivity index (χ0) is 20.8. The molecule has 0 unspecified atom stereocenters. The fraction of sp³-hybridized carbons (Fsp3) is 0.318. The molecule has 6 heteroatoms. The lowest BCUT2D eigenvalue weighted by molar-refractivity contribution is -0.117. The molecule has 2 rings (SSSR count). The van der Waals surface area contributed by atoms with Gasteiger partial charge in [-0.2, -0.15) is 5.26 Å². The highest BCUT2D eigenvalue weighted by Gasteiger charge is 2.15. The molecule has 0 spiro atoms. The molecule has 28 heavy (non-hydrogen) atoms. The number of nitrogens with zero attached hydrogens (tertiary/aromatic N) is 2. The Hall–Kier alpha value is -3.33. The third kappa shape index (κ3) is 4.68. The second-order valence-electron chi connectivity index (χ2n) is 6.73. The first-order chi connectivity index (χ1) is 13.3. The Bertz CT molecular complexity index is 945. The number of rotatable bonds is 6. The maximum atomic E-state index is 12.2. The number of hydrogen-bond donors (Lipinski definition) is 1. The SMILES string of the molecule is CCOC(=O)c1ccc(-n2c(C)cc(C=C(C#N)C(=O)NC(C)C)c2C)cc1. The largest absolute Gasteiger partial charge is 0.462 e. The van der Waals surface area contributed by atoms with Crippen molar-refractivity contribution in [1.82, 2.24) is 9.88 Å². The Morgan fingerprint density at radius 3 is 2.43 bits per heavy atom. The van der Waals surface area contributed by atoms with Gasteiger partial charge in [0.2, 0.25) is 0 Å². The minimum Gasteiger partial charge on any atom is -0.462 e. The molecule has 2 aromatic rings. The smallest absolute Gasteiger partial charge is 0.338 e. The van der Waals surface area contributed by atoms with Crippen LogP contribution in [0.25, 0.3) is 11.8 Å². The Morgan fingerprint density at radius 2 is 1.89 bits per heavy atom. The summed E-state index contributed by atoms with van der Waals surface area (Å²) >= 11 is 0. The molecule has 6 nitrogen and oxygen atoms in total. The monoisotopic (exact) mass is 379 g/mol. The number of ether oxygens (including phenoxy) is 1. The van der Waals surface area contributed by atoms with Crippen LogP contribution >= 0.6 is 0 Å². The van der Waals surface area contributed by atoms with E-state index in [1.807, 2.05) is 56.5 Å². The Labute approximate surface area is 165 Å². The maximum Gasteiger partial charge on any atom is 0.338 e. The van der Waals surface area contributed by atoms with E-state index in [9.17, 15) is 14.9 Å². The van der Waals surface area contributed by atoms with Crippen molar-refractivity contribution in [2.45, 2.75) is 40.7 Å². The summed E-state index contributed by atoms with van der Waals surface area (Å²) in [6.07, 6.45) is 1.60. The van der Waals surface area contributed by atoms with E-state index >= 15 is 0 Å². The van der Waals surface area contributed by atoms with Crippen LogP contribution in [0.4, 0.5) is 0 Å². The molecule has 0 radical (unpaired) electrons. The van der Waals surface area contributed by atoms with Gasteiger partial charge >= 0.3 is 5.97 Å². The zero-order valence-corrected chi connectivity index (χ0v) is 16.9. The maximum absolute atomic E-state index is 12.2. The van der Waals surface area contributed by atoms with Gasteiger partial charge < -0.3 is 14.6 Å². The van der Waals surface area contributed by atoms with E-state index in [0.717, 1.165) is 22.6 Å². The quantitative estimate of drug-likeness (QED) is 0.471. The standard InChI is InChI=1S/C22H25N3O3/c1-6-28-22(27)17-7-9-20(10-8-17)25-15(4)11-18(16(25)5)12-19(13-23)21(26)24-14(2)3/h7-12,14H,6H2,1-5H3,(H,24,26). The van der Waals surface area contributed by atoms with Crippen LogP contribution in [0.5, 0.6) is 0 Å². The molecule has 0 aliphatic heterocycles. The van der Waals surface area contributed by atoms with Gasteiger partial charge in [0.05, 0.1) is 12.2 Å². The molecular formula is C22H25N3O3. The van der Waals surface area contributed by atoms with Crippen molar-refractivity contribution in [3.8, 4) is 11.8 Å². The number of carbonyl (C=O) groups excluding carboxylic acids is 2. The molecular weight excluding hydrogens is 354 g/mol. The molecule has 0 aliphatic carbocycles. The molecule has 0 saturated heterocycles. The summed E-state index contributed by atoms with van der Waals surface area (Å²) in [4.78, 5) is 24.0. The van der Waals surface area contributed by atoms with Crippen molar-refractivity contribution in [2.24, 2.45) is 0 Å². The Morgan fingerprint density at radius 1 is 1.25 bits per heavy atom. The van der Waals surface area contributed by atoms with Gasteiger partial charge in [-0.25, -0.2) is 4.79 Å². The minimum atomic E-state index is -0.388. The predicted molar refractivity (Wildman–Crippen MR) is 108 cm³/mol. The van der Waals surface area contributed by atoms with Gasteiger partial charge in [-0.05, 0) is 76.6 Å². The van der Waals surface area contributed by atoms with Crippen LogP contribution in [0.15, 0.2) is 35.9 Å². The van der Waals surface area contributed by atoms with E-state index in [1.165, 1.54) is 0 Å². The molecule has 1 amide bonds. The first kappa shape index (κ1) is 21.0. The highest BCUT2D eigenvalue weighted by Crippen LogP contribution is 2.23. The van der Waals surface area contributed by atoms with E-state index in [4.69, 9.17) is 4.74 Å². The second kappa shape index (κ2) is 9.05. The van der Waals surface area contributed by atoms with Gasteiger partial charge in [-0.15, -0.1) is 0 Å². The van der Waals surface area contributed by atoms with E-state index in [0.29, 0.717) is 12.2 Å². The number of amides is 1. The topological polar surface area (TPSA) is 84.1 Å². The number of hydrogen-bond acceptors (Lipinski definition) is 4. The predicted octanol–water partition coefficient (Wildman–Crippen LogP) is 3.70. The van der Waals surface area contributed by atoms with Gasteiger partial charge in [0.15, 0.2) is 0 Å². The van der Waals surface area contributed by atoms with Crippen LogP contribution < -0.4 is 5.32 Å². The molecule has 1 aromatic heterocycles. The van der Waals surface area contributed by atoms with Crippen LogP contribution in [-0.2, 0) is 9.53 Å². The van der Waals surface area contributed by atoms with E-state index in [2.05, 4.69) is 5.32 Å². The molecule has 0 bridgehead atoms. The van der Waals surface area contributed by atoms with Gasteiger partial charge in [-0.1, -0.05) is 0 Å². The lowest BCUT2D eigenvalue weighted by Crippen LogP contribution is -2.30. The molecule has 1 N–H and O–H groups in total. The first-order valence-corrected chi connectivity index (χ1v) is 9.17. The zero-order valence-electron chi connectivity index (χ0n) is 16.9. The average molecular weight is 379 g/mol. The van der Waals surface area contributed by atoms with Gasteiger partial charge in [0.1, 0.15) is 11.6 Å². The number of benzene rings is 1. The van der Waals surface area contributed by atoms with Crippen molar-refractivity contribution >= 4 is 18.0 Å². The van der Waals surface area contributed by atoms with Gasteiger partial charge in [-0.3, -0.25) is 4.79 Å². The summed E-state index contributed by atoms with van der Waals surface area (Å²) in [6.45, 7) is 9.66. The summed E-state index contributed by atoms with van der Waals surface area (Å²) in [6, 6.07) is 11.0. The van der Waals surface area contributed by atoms with Crippen molar-refractivity contribution in [2.75, 3.05) is 6.61 Å². The number of nitriles is 1. The average Bonchev–Trinajstić information content (AvgIpc) is 2.92. The fourth-order valence-electron chi connectivity index (χ4n) is 2.94. The van der Waals surface area contributed by atoms with Crippen molar-refractivity contribution in [3.05, 3.63) is 58.4 Å². The Kier molecular flexibility index (Phi) is 6.78. The van der Waals surface area contributed by atoms with E-state index in [-0.39, 0.29) is 23.5 Å². The molecule has 0 aliphatic rings. The molecule has 0 saturated carbocycles. The lowest BCUT2D eigenvalue weighted by Gasteiger charge is -2.11. The number of esters is 1. The highest BCUT2D eigenvalue weighted by molar-refractivity contribution is 6.02. The van der Waals surface area contributed by atoms with Crippen LogP contribution in [0.2, 0.25) is 0 Å². The molecule has 1 heterocycles. The fourth-order valence-corrected chi connectivity index (χ4v) is 2.94. The third-order valence-electron chi connectivity index (χ3n) is 4.19. The number of carbonyl (C=O) groups is 2. The first-order valence-electron chi connectivity index (χ1n) is 9.17. The lowest BCUT2D eigenvalue weighted by atomic mass is 10.1. The summed E-state index contributed by atoms with van der Waals surface area (Å²) in [5, 5.41) is 12.1. The van der Waals surface area contributed by atoms with Crippen LogP contribution in [-0.4, -0.2) is 29.1 Å². The molecule has 1 aromatic carbocycles. The second-order valence-corrected chi connectivity index (χ2v) is 6.73. The van der Waals surface area contributed by atoms with Crippen molar-refractivity contribution in [1.29, 1.82) is 5.26 Å². The van der Waals surface area contributed by atoms with Crippen LogP contribution in [0.3, 0.4) is 0 Å². The van der Waals surface area contributed by atoms with Crippen LogP contribution in [0, 0.1) is 25.2 Å². The number of nitrogens with one attached hydrogen (secondary N) is 1.